The Kier molecular flexibility index (Phi) is 4.96. The molecule has 1 aromatic heterocycles. The maximum absolute atomic E-state index is 9.94. The molecule has 5 nitrogen and oxygen atoms in total. The first-order valence-corrected chi connectivity index (χ1v) is 7.19. The van der Waals surface area contributed by atoms with Crippen molar-refractivity contribution in [2.45, 2.75) is 52.5 Å². The topological polar surface area (TPSA) is 50.5 Å². The van der Waals surface area contributed by atoms with Gasteiger partial charge in [0, 0.05) is 44.0 Å². The van der Waals surface area contributed by atoms with Crippen LogP contribution in [0.1, 0.15) is 31.5 Å². The number of hydrogen-bond acceptors (Lipinski definition) is 4. The van der Waals surface area contributed by atoms with Gasteiger partial charge in [0.05, 0.1) is 18.4 Å². The summed E-state index contributed by atoms with van der Waals surface area (Å²) in [6, 6.07) is 0. The summed E-state index contributed by atoms with van der Waals surface area (Å²) in [6.45, 7) is 10.2. The van der Waals surface area contributed by atoms with Crippen molar-refractivity contribution in [1.82, 2.24) is 14.7 Å². The standard InChI is InChI=1S/C14H25N3O2/c1-4-6-17-11(3)12(7-15-17)8-16-9-13(18)14(10-16)19-5-2/h7,13-14,18H,4-6,8-10H2,1-3H3/t13-,14-/m1/s1. The van der Waals surface area contributed by atoms with Crippen LogP contribution in [-0.4, -0.2) is 51.7 Å². The number of nitrogens with zero attached hydrogens (tertiary/aromatic N) is 3. The van der Waals surface area contributed by atoms with Gasteiger partial charge in [-0.3, -0.25) is 9.58 Å². The number of aryl methyl sites for hydroxylation is 1. The van der Waals surface area contributed by atoms with E-state index in [1.54, 1.807) is 0 Å². The first-order chi connectivity index (χ1) is 9.15. The molecule has 0 aliphatic carbocycles. The summed E-state index contributed by atoms with van der Waals surface area (Å²) < 4.78 is 7.60. The Labute approximate surface area is 115 Å². The number of rotatable bonds is 6. The molecular formula is C14H25N3O2. The number of β-amino-alcohol motifs (C(OH)–C–C–N with tert-alkyl or cyclic N) is 1. The summed E-state index contributed by atoms with van der Waals surface area (Å²) in [7, 11) is 0. The highest BCUT2D eigenvalue weighted by atomic mass is 16.5. The van der Waals surface area contributed by atoms with E-state index in [0.717, 1.165) is 26.1 Å². The molecule has 1 saturated heterocycles. The molecule has 1 aromatic rings. The first-order valence-electron chi connectivity index (χ1n) is 7.19. The third kappa shape index (κ3) is 3.35. The van der Waals surface area contributed by atoms with Crippen LogP contribution in [0.15, 0.2) is 6.20 Å². The second-order valence-electron chi connectivity index (χ2n) is 5.23. The average molecular weight is 267 g/mol. The fourth-order valence-electron chi connectivity index (χ4n) is 2.66. The highest BCUT2D eigenvalue weighted by Gasteiger charge is 2.31. The Bertz CT molecular complexity index is 405. The van der Waals surface area contributed by atoms with Crippen LogP contribution in [0, 0.1) is 6.92 Å². The zero-order valence-electron chi connectivity index (χ0n) is 12.2. The second-order valence-corrected chi connectivity index (χ2v) is 5.23. The van der Waals surface area contributed by atoms with Crippen LogP contribution in [-0.2, 0) is 17.8 Å². The van der Waals surface area contributed by atoms with Gasteiger partial charge in [0.25, 0.3) is 0 Å². The normalized spacial score (nSPS) is 24.2. The summed E-state index contributed by atoms with van der Waals surface area (Å²) >= 11 is 0. The number of aliphatic hydroxyl groups excluding tert-OH is 1. The minimum Gasteiger partial charge on any atom is -0.389 e. The molecule has 0 radical (unpaired) electrons. The van der Waals surface area contributed by atoms with Crippen molar-refractivity contribution in [2.75, 3.05) is 19.7 Å². The smallest absolute Gasteiger partial charge is 0.0972 e. The Balaban J connectivity index is 1.95. The van der Waals surface area contributed by atoms with Crippen molar-refractivity contribution in [3.8, 4) is 0 Å². The molecule has 1 N–H and O–H groups in total. The zero-order valence-corrected chi connectivity index (χ0v) is 12.2. The van der Waals surface area contributed by atoms with Crippen LogP contribution < -0.4 is 0 Å². The molecule has 5 heteroatoms. The Hall–Kier alpha value is -0.910. The van der Waals surface area contributed by atoms with E-state index >= 15 is 0 Å². The number of aromatic nitrogens is 2. The Morgan fingerprint density at radius 3 is 2.89 bits per heavy atom. The van der Waals surface area contributed by atoms with Crippen molar-refractivity contribution in [1.29, 1.82) is 0 Å². The van der Waals surface area contributed by atoms with E-state index in [4.69, 9.17) is 4.74 Å². The predicted octanol–water partition coefficient (Wildman–Crippen LogP) is 1.18. The van der Waals surface area contributed by atoms with Crippen molar-refractivity contribution >= 4 is 0 Å². The van der Waals surface area contributed by atoms with Gasteiger partial charge in [-0.25, -0.2) is 0 Å². The quantitative estimate of drug-likeness (QED) is 0.841. The SMILES string of the molecule is CCCn1ncc(CN2C[C@@H](O)[C@H](OCC)C2)c1C. The van der Waals surface area contributed by atoms with Gasteiger partial charge in [0.2, 0.25) is 0 Å². The Morgan fingerprint density at radius 1 is 1.42 bits per heavy atom. The maximum Gasteiger partial charge on any atom is 0.0972 e. The van der Waals surface area contributed by atoms with Gasteiger partial charge in [-0.15, -0.1) is 0 Å². The minimum absolute atomic E-state index is 0.0454. The van der Waals surface area contributed by atoms with Crippen LogP contribution in [0.3, 0.4) is 0 Å². The highest BCUT2D eigenvalue weighted by Crippen LogP contribution is 2.18. The lowest BCUT2D eigenvalue weighted by Gasteiger charge is -2.15. The molecule has 2 rings (SSSR count). The third-order valence-electron chi connectivity index (χ3n) is 3.73. The van der Waals surface area contributed by atoms with Crippen molar-refractivity contribution in [2.24, 2.45) is 0 Å². The van der Waals surface area contributed by atoms with Crippen molar-refractivity contribution in [3.05, 3.63) is 17.5 Å². The molecule has 0 spiro atoms. The molecule has 0 unspecified atom stereocenters. The van der Waals surface area contributed by atoms with Gasteiger partial charge in [0.1, 0.15) is 0 Å². The molecule has 0 bridgehead atoms. The van der Waals surface area contributed by atoms with E-state index < -0.39 is 0 Å². The molecule has 0 saturated carbocycles. The second kappa shape index (κ2) is 6.50. The van der Waals surface area contributed by atoms with E-state index in [0.29, 0.717) is 13.2 Å². The molecule has 1 fully saturated rings. The largest absolute Gasteiger partial charge is 0.389 e. The van der Waals surface area contributed by atoms with E-state index in [1.165, 1.54) is 11.3 Å². The lowest BCUT2D eigenvalue weighted by molar-refractivity contribution is -0.00245. The van der Waals surface area contributed by atoms with Crippen molar-refractivity contribution < 1.29 is 9.84 Å². The molecule has 0 amide bonds. The highest BCUT2D eigenvalue weighted by molar-refractivity contribution is 5.16. The molecule has 2 atom stereocenters. The van der Waals surface area contributed by atoms with Crippen LogP contribution >= 0.6 is 0 Å². The van der Waals surface area contributed by atoms with Gasteiger partial charge in [0.15, 0.2) is 0 Å². The number of hydrogen-bond donors (Lipinski definition) is 1. The van der Waals surface area contributed by atoms with Gasteiger partial charge in [-0.1, -0.05) is 6.92 Å². The molecule has 1 aliphatic heterocycles. The van der Waals surface area contributed by atoms with E-state index in [-0.39, 0.29) is 12.2 Å². The zero-order chi connectivity index (χ0) is 13.8. The van der Waals surface area contributed by atoms with Crippen LogP contribution in [0.5, 0.6) is 0 Å². The van der Waals surface area contributed by atoms with E-state index in [1.807, 2.05) is 13.1 Å². The Morgan fingerprint density at radius 2 is 2.21 bits per heavy atom. The molecule has 0 aromatic carbocycles. The molecule has 1 aliphatic rings. The van der Waals surface area contributed by atoms with E-state index in [2.05, 4.69) is 28.5 Å². The summed E-state index contributed by atoms with van der Waals surface area (Å²) in [4.78, 5) is 2.24. The summed E-state index contributed by atoms with van der Waals surface area (Å²) in [5, 5.41) is 14.4. The molecule has 19 heavy (non-hydrogen) atoms. The lowest BCUT2D eigenvalue weighted by atomic mass is 10.2. The van der Waals surface area contributed by atoms with Crippen LogP contribution in [0.25, 0.3) is 0 Å². The monoisotopic (exact) mass is 267 g/mol. The molecule has 108 valence electrons. The number of likely N-dealkylation sites (tertiary alicyclic amines) is 1. The summed E-state index contributed by atoms with van der Waals surface area (Å²) in [6.07, 6.45) is 2.63. The summed E-state index contributed by atoms with van der Waals surface area (Å²) in [5.41, 5.74) is 2.48. The van der Waals surface area contributed by atoms with E-state index in [9.17, 15) is 5.11 Å². The van der Waals surface area contributed by atoms with Crippen LogP contribution in [0.2, 0.25) is 0 Å². The fourth-order valence-corrected chi connectivity index (χ4v) is 2.66. The fraction of sp³-hybridized carbons (Fsp3) is 0.786. The first kappa shape index (κ1) is 14.5. The molecule has 2 heterocycles. The minimum atomic E-state index is -0.369. The van der Waals surface area contributed by atoms with Gasteiger partial charge in [-0.05, 0) is 20.3 Å². The third-order valence-corrected chi connectivity index (χ3v) is 3.73. The van der Waals surface area contributed by atoms with Gasteiger partial charge < -0.3 is 9.84 Å². The maximum atomic E-state index is 9.94. The van der Waals surface area contributed by atoms with Gasteiger partial charge in [-0.2, -0.15) is 5.10 Å². The number of ether oxygens (including phenoxy) is 1. The lowest BCUT2D eigenvalue weighted by Crippen LogP contribution is -2.26. The van der Waals surface area contributed by atoms with Crippen LogP contribution in [0.4, 0.5) is 0 Å². The summed E-state index contributed by atoms with van der Waals surface area (Å²) in [5.74, 6) is 0. The van der Waals surface area contributed by atoms with Gasteiger partial charge >= 0.3 is 0 Å². The van der Waals surface area contributed by atoms with Crippen molar-refractivity contribution in [3.63, 3.8) is 0 Å². The molecular weight excluding hydrogens is 242 g/mol. The average Bonchev–Trinajstić information content (AvgIpc) is 2.88. The predicted molar refractivity (Wildman–Crippen MR) is 74.0 cm³/mol. The number of aliphatic hydroxyl groups is 1.